The number of nitrogens with zero attached hydrogens (tertiary/aromatic N) is 4. The molecule has 2 fully saturated rings. The van der Waals surface area contributed by atoms with Crippen molar-refractivity contribution in [1.29, 1.82) is 0 Å². The number of carbonyl (C=O) groups is 2. The molecule has 9 heteroatoms. The van der Waals surface area contributed by atoms with Crippen molar-refractivity contribution in [3.63, 3.8) is 0 Å². The molecule has 1 aromatic carbocycles. The molecule has 0 N–H and O–H groups in total. The monoisotopic (exact) mass is 444 g/mol. The Kier molecular flexibility index (Phi) is 6.18. The molecule has 8 nitrogen and oxygen atoms in total. The van der Waals surface area contributed by atoms with Gasteiger partial charge in [-0.05, 0) is 24.3 Å². The number of carbonyl (C=O) groups excluding carboxylic acids is 2. The molecular formula is C22H25ClN4O4. The normalized spacial score (nSPS) is 19.0. The molecule has 2 aliphatic heterocycles. The maximum absolute atomic E-state index is 13.1. The lowest BCUT2D eigenvalue weighted by atomic mass is 10.1. The molecular weight excluding hydrogens is 420 g/mol. The van der Waals surface area contributed by atoms with Crippen molar-refractivity contribution in [1.82, 2.24) is 9.88 Å². The first-order valence-corrected chi connectivity index (χ1v) is 10.6. The Hall–Kier alpha value is -3.00. The lowest BCUT2D eigenvalue weighted by Gasteiger charge is -2.36. The second kappa shape index (κ2) is 9.01. The SMILES string of the molecule is COc1ccc(N2CC(C(=O)N3CCN(c4ccc(Cl)cn4)CC3)CC2=O)cc1OC. The quantitative estimate of drug-likeness (QED) is 0.705. The van der Waals surface area contributed by atoms with Crippen LogP contribution in [0.3, 0.4) is 0 Å². The fraction of sp³-hybridized carbons (Fsp3) is 0.409. The second-order valence-electron chi connectivity index (χ2n) is 7.59. The van der Waals surface area contributed by atoms with E-state index in [1.807, 2.05) is 23.1 Å². The van der Waals surface area contributed by atoms with Gasteiger partial charge in [0.05, 0.1) is 25.2 Å². The molecule has 4 rings (SSSR count). The Morgan fingerprint density at radius 1 is 1.06 bits per heavy atom. The van der Waals surface area contributed by atoms with Crippen molar-refractivity contribution >= 4 is 34.9 Å². The smallest absolute Gasteiger partial charge is 0.228 e. The average molecular weight is 445 g/mol. The van der Waals surface area contributed by atoms with Crippen molar-refractivity contribution < 1.29 is 19.1 Å². The van der Waals surface area contributed by atoms with Crippen molar-refractivity contribution in [2.45, 2.75) is 6.42 Å². The molecule has 0 spiro atoms. The summed E-state index contributed by atoms with van der Waals surface area (Å²) in [6.07, 6.45) is 1.84. The highest BCUT2D eigenvalue weighted by Crippen LogP contribution is 2.34. The number of anilines is 2. The third kappa shape index (κ3) is 4.39. The summed E-state index contributed by atoms with van der Waals surface area (Å²) in [5.41, 5.74) is 0.705. The highest BCUT2D eigenvalue weighted by atomic mass is 35.5. The Morgan fingerprint density at radius 3 is 2.45 bits per heavy atom. The third-order valence-corrected chi connectivity index (χ3v) is 6.00. The fourth-order valence-corrected chi connectivity index (χ4v) is 4.20. The molecule has 0 radical (unpaired) electrons. The van der Waals surface area contributed by atoms with Gasteiger partial charge in [-0.15, -0.1) is 0 Å². The Balaban J connectivity index is 1.38. The molecule has 164 valence electrons. The molecule has 2 saturated heterocycles. The van der Waals surface area contributed by atoms with Crippen LogP contribution in [0.2, 0.25) is 5.02 Å². The van der Waals surface area contributed by atoms with Crippen molar-refractivity contribution in [2.75, 3.05) is 56.7 Å². The number of hydrogen-bond acceptors (Lipinski definition) is 6. The largest absolute Gasteiger partial charge is 0.493 e. The van der Waals surface area contributed by atoms with Gasteiger partial charge in [0.15, 0.2) is 11.5 Å². The standard InChI is InChI=1S/C22H25ClN4O4/c1-30-18-5-4-17(12-19(18)31-2)27-14-15(11-21(27)28)22(29)26-9-7-25(8-10-26)20-6-3-16(23)13-24-20/h3-6,12-13,15H,7-11,14H2,1-2H3. The zero-order chi connectivity index (χ0) is 22.0. The molecule has 31 heavy (non-hydrogen) atoms. The number of piperazine rings is 1. The van der Waals surface area contributed by atoms with Crippen molar-refractivity contribution in [2.24, 2.45) is 5.92 Å². The lowest BCUT2D eigenvalue weighted by Crippen LogP contribution is -2.51. The van der Waals surface area contributed by atoms with Crippen LogP contribution in [0.4, 0.5) is 11.5 Å². The number of aromatic nitrogens is 1. The molecule has 1 unspecified atom stereocenters. The average Bonchev–Trinajstić information content (AvgIpc) is 3.20. The van der Waals surface area contributed by atoms with E-state index in [1.54, 1.807) is 37.4 Å². The predicted octanol–water partition coefficient (Wildman–Crippen LogP) is 2.45. The van der Waals surface area contributed by atoms with Crippen LogP contribution < -0.4 is 19.3 Å². The summed E-state index contributed by atoms with van der Waals surface area (Å²) in [5.74, 6) is 1.62. The van der Waals surface area contributed by atoms with Crippen molar-refractivity contribution in [3.8, 4) is 11.5 Å². The summed E-state index contributed by atoms with van der Waals surface area (Å²) in [5, 5.41) is 0.600. The number of hydrogen-bond donors (Lipinski definition) is 0. The Morgan fingerprint density at radius 2 is 1.81 bits per heavy atom. The van der Waals surface area contributed by atoms with Gasteiger partial charge in [0.1, 0.15) is 5.82 Å². The van der Waals surface area contributed by atoms with Gasteiger partial charge in [-0.25, -0.2) is 4.98 Å². The van der Waals surface area contributed by atoms with Crippen LogP contribution in [0.25, 0.3) is 0 Å². The summed E-state index contributed by atoms with van der Waals surface area (Å²) in [4.78, 5) is 35.7. The first kappa shape index (κ1) is 21.2. The second-order valence-corrected chi connectivity index (χ2v) is 8.03. The van der Waals surface area contributed by atoms with Gasteiger partial charge in [-0.3, -0.25) is 9.59 Å². The predicted molar refractivity (Wildman–Crippen MR) is 118 cm³/mol. The topological polar surface area (TPSA) is 75.2 Å². The minimum absolute atomic E-state index is 0.0278. The van der Waals surface area contributed by atoms with Crippen LogP contribution in [0.1, 0.15) is 6.42 Å². The minimum Gasteiger partial charge on any atom is -0.493 e. The van der Waals surface area contributed by atoms with Gasteiger partial charge < -0.3 is 24.2 Å². The molecule has 2 aliphatic rings. The first-order valence-electron chi connectivity index (χ1n) is 10.2. The summed E-state index contributed by atoms with van der Waals surface area (Å²) < 4.78 is 10.6. The maximum Gasteiger partial charge on any atom is 0.228 e. The molecule has 1 aromatic heterocycles. The van der Waals surface area contributed by atoms with Crippen LogP contribution in [0, 0.1) is 5.92 Å². The Labute approximate surface area is 186 Å². The van der Waals surface area contributed by atoms with Gasteiger partial charge in [-0.2, -0.15) is 0 Å². The van der Waals surface area contributed by atoms with Crippen LogP contribution >= 0.6 is 11.6 Å². The van der Waals surface area contributed by atoms with Gasteiger partial charge in [-0.1, -0.05) is 11.6 Å². The number of amides is 2. The highest BCUT2D eigenvalue weighted by Gasteiger charge is 2.38. The van der Waals surface area contributed by atoms with E-state index in [0.29, 0.717) is 54.9 Å². The van der Waals surface area contributed by atoms with Gasteiger partial charge >= 0.3 is 0 Å². The first-order chi connectivity index (χ1) is 15.0. The Bertz CT molecular complexity index is 960. The van der Waals surface area contributed by atoms with Gasteiger partial charge in [0, 0.05) is 57.1 Å². The zero-order valence-corrected chi connectivity index (χ0v) is 18.3. The summed E-state index contributed by atoms with van der Waals surface area (Å²) in [6.45, 7) is 2.96. The zero-order valence-electron chi connectivity index (χ0n) is 17.6. The molecule has 0 aliphatic carbocycles. The maximum atomic E-state index is 13.1. The molecule has 0 bridgehead atoms. The van der Waals surface area contributed by atoms with E-state index in [0.717, 1.165) is 5.82 Å². The number of pyridine rings is 1. The number of halogens is 1. The number of methoxy groups -OCH3 is 2. The van der Waals surface area contributed by atoms with E-state index in [9.17, 15) is 9.59 Å². The summed E-state index contributed by atoms with van der Waals surface area (Å²) >= 11 is 5.91. The van der Waals surface area contributed by atoms with E-state index < -0.39 is 0 Å². The molecule has 2 amide bonds. The molecule has 0 saturated carbocycles. The van der Waals surface area contributed by atoms with E-state index in [4.69, 9.17) is 21.1 Å². The van der Waals surface area contributed by atoms with Crippen LogP contribution in [-0.2, 0) is 9.59 Å². The van der Waals surface area contributed by atoms with Gasteiger partial charge in [0.2, 0.25) is 11.8 Å². The van der Waals surface area contributed by atoms with Crippen LogP contribution in [0.5, 0.6) is 11.5 Å². The van der Waals surface area contributed by atoms with Crippen molar-refractivity contribution in [3.05, 3.63) is 41.6 Å². The summed E-state index contributed by atoms with van der Waals surface area (Å²) in [6, 6.07) is 9.04. The fourth-order valence-electron chi connectivity index (χ4n) is 4.08. The number of rotatable bonds is 5. The number of benzene rings is 1. The minimum atomic E-state index is -0.346. The molecule has 2 aromatic rings. The van der Waals surface area contributed by atoms with Crippen LogP contribution in [-0.4, -0.2) is 68.6 Å². The third-order valence-electron chi connectivity index (χ3n) is 5.78. The van der Waals surface area contributed by atoms with E-state index in [1.165, 1.54) is 0 Å². The van der Waals surface area contributed by atoms with E-state index >= 15 is 0 Å². The number of ether oxygens (including phenoxy) is 2. The van der Waals surface area contributed by atoms with Gasteiger partial charge in [0.25, 0.3) is 0 Å². The summed E-state index contributed by atoms with van der Waals surface area (Å²) in [7, 11) is 3.12. The molecule has 3 heterocycles. The van der Waals surface area contributed by atoms with E-state index in [2.05, 4.69) is 9.88 Å². The highest BCUT2D eigenvalue weighted by molar-refractivity contribution is 6.30. The van der Waals surface area contributed by atoms with Crippen LogP contribution in [0.15, 0.2) is 36.5 Å². The lowest BCUT2D eigenvalue weighted by molar-refractivity contribution is -0.136. The molecule has 1 atom stereocenters. The van der Waals surface area contributed by atoms with E-state index in [-0.39, 0.29) is 24.2 Å².